The standard InChI is InChI=1S/C45H56N2O6/c1-4-7-10-12-13-15-32-51-41-27-21-37(22-28-41)45(49)53-42-29-30-43(47-46-39-23-17-35(18-24-39)16-9-6-3)38(33-42)34-52-44(48)36-19-25-40(26-20-36)50-31-14-11-8-5-2/h17-30,33H,4-16,31-32,34H2,1-3H3. The lowest BCUT2D eigenvalue weighted by molar-refractivity contribution is 0.0472. The van der Waals surface area contributed by atoms with Crippen LogP contribution in [0.15, 0.2) is 101 Å². The van der Waals surface area contributed by atoms with Crippen LogP contribution in [0.5, 0.6) is 17.2 Å². The molecule has 0 aliphatic rings. The first-order valence-electron chi connectivity index (χ1n) is 19.5. The van der Waals surface area contributed by atoms with Crippen molar-refractivity contribution in [2.75, 3.05) is 13.2 Å². The average Bonchev–Trinajstić information content (AvgIpc) is 3.19. The Labute approximate surface area is 315 Å². The third kappa shape index (κ3) is 14.9. The topological polar surface area (TPSA) is 95.8 Å². The molecule has 0 heterocycles. The molecule has 8 heteroatoms. The molecule has 0 atom stereocenters. The number of unbranched alkanes of at least 4 members (excludes halogenated alkanes) is 9. The summed E-state index contributed by atoms with van der Waals surface area (Å²) >= 11 is 0. The molecule has 0 aromatic heterocycles. The van der Waals surface area contributed by atoms with Crippen LogP contribution < -0.4 is 14.2 Å². The Kier molecular flexibility index (Phi) is 18.1. The van der Waals surface area contributed by atoms with Gasteiger partial charge >= 0.3 is 11.9 Å². The van der Waals surface area contributed by atoms with Gasteiger partial charge in [-0.05, 0) is 110 Å². The van der Waals surface area contributed by atoms with Crippen LogP contribution in [0.1, 0.15) is 130 Å². The second kappa shape index (κ2) is 23.6. The van der Waals surface area contributed by atoms with Crippen molar-refractivity contribution in [2.24, 2.45) is 10.2 Å². The van der Waals surface area contributed by atoms with Gasteiger partial charge in [-0.1, -0.05) is 90.7 Å². The van der Waals surface area contributed by atoms with E-state index in [-0.39, 0.29) is 6.61 Å². The SMILES string of the molecule is CCCCCCCCOc1ccc(C(=O)Oc2ccc(N=Nc3ccc(CCCC)cc3)c(COC(=O)c3ccc(OCCCCCC)cc3)c2)cc1. The first-order chi connectivity index (χ1) is 26.0. The summed E-state index contributed by atoms with van der Waals surface area (Å²) in [6.07, 6.45) is 15.0. The van der Waals surface area contributed by atoms with E-state index in [4.69, 9.17) is 18.9 Å². The van der Waals surface area contributed by atoms with Gasteiger partial charge in [0.1, 0.15) is 23.9 Å². The fourth-order valence-corrected chi connectivity index (χ4v) is 5.62. The predicted octanol–water partition coefficient (Wildman–Crippen LogP) is 12.7. The molecule has 0 saturated carbocycles. The number of aryl methyl sites for hydroxylation is 1. The number of ether oxygens (including phenoxy) is 4. The predicted molar refractivity (Wildman–Crippen MR) is 211 cm³/mol. The first-order valence-corrected chi connectivity index (χ1v) is 19.5. The fourth-order valence-electron chi connectivity index (χ4n) is 5.62. The summed E-state index contributed by atoms with van der Waals surface area (Å²) in [7, 11) is 0. The number of azo groups is 1. The maximum atomic E-state index is 13.1. The third-order valence-electron chi connectivity index (χ3n) is 8.86. The summed E-state index contributed by atoms with van der Waals surface area (Å²) in [4.78, 5) is 26.2. The van der Waals surface area contributed by atoms with E-state index < -0.39 is 11.9 Å². The van der Waals surface area contributed by atoms with Crippen LogP contribution in [0.4, 0.5) is 11.4 Å². The minimum absolute atomic E-state index is 0.102. The van der Waals surface area contributed by atoms with Gasteiger partial charge in [0.2, 0.25) is 0 Å². The molecule has 0 saturated heterocycles. The highest BCUT2D eigenvalue weighted by Crippen LogP contribution is 2.29. The zero-order valence-electron chi connectivity index (χ0n) is 31.8. The van der Waals surface area contributed by atoms with Crippen LogP contribution in [-0.2, 0) is 17.8 Å². The normalized spacial score (nSPS) is 11.1. The number of rotatable bonds is 24. The number of esters is 2. The molecule has 0 amide bonds. The molecule has 282 valence electrons. The summed E-state index contributed by atoms with van der Waals surface area (Å²) in [6, 6.07) is 26.9. The molecule has 53 heavy (non-hydrogen) atoms. The molecule has 8 nitrogen and oxygen atoms in total. The van der Waals surface area contributed by atoms with Gasteiger partial charge in [-0.3, -0.25) is 0 Å². The summed E-state index contributed by atoms with van der Waals surface area (Å²) in [6.45, 7) is 7.76. The molecular weight excluding hydrogens is 665 g/mol. The molecule has 0 bridgehead atoms. The van der Waals surface area contributed by atoms with Gasteiger partial charge in [0, 0.05) is 5.56 Å². The lowest BCUT2D eigenvalue weighted by atomic mass is 10.1. The minimum Gasteiger partial charge on any atom is -0.494 e. The Hall–Kier alpha value is -4.98. The Balaban J connectivity index is 1.40. The van der Waals surface area contributed by atoms with Crippen molar-refractivity contribution in [3.63, 3.8) is 0 Å². The number of carbonyl (C=O) groups excluding carboxylic acids is 2. The molecule has 0 aliphatic carbocycles. The van der Waals surface area contributed by atoms with Gasteiger partial charge in [-0.2, -0.15) is 10.2 Å². The van der Waals surface area contributed by atoms with Crippen LogP contribution in [0.25, 0.3) is 0 Å². The maximum Gasteiger partial charge on any atom is 0.343 e. The van der Waals surface area contributed by atoms with Crippen molar-refractivity contribution in [1.29, 1.82) is 0 Å². The van der Waals surface area contributed by atoms with Crippen molar-refractivity contribution < 1.29 is 28.5 Å². The Morgan fingerprint density at radius 1 is 0.528 bits per heavy atom. The van der Waals surface area contributed by atoms with E-state index in [9.17, 15) is 9.59 Å². The van der Waals surface area contributed by atoms with Crippen LogP contribution in [0, 0.1) is 0 Å². The van der Waals surface area contributed by atoms with Gasteiger partial charge in [0.15, 0.2) is 0 Å². The van der Waals surface area contributed by atoms with Crippen molar-refractivity contribution >= 4 is 23.3 Å². The highest BCUT2D eigenvalue weighted by Gasteiger charge is 2.14. The third-order valence-corrected chi connectivity index (χ3v) is 8.86. The second-order valence-electron chi connectivity index (χ2n) is 13.3. The van der Waals surface area contributed by atoms with Crippen LogP contribution in [0.2, 0.25) is 0 Å². The Bertz CT molecular complexity index is 1680. The number of benzene rings is 4. The summed E-state index contributed by atoms with van der Waals surface area (Å²) in [5, 5.41) is 8.91. The van der Waals surface area contributed by atoms with Crippen molar-refractivity contribution in [1.82, 2.24) is 0 Å². The Morgan fingerprint density at radius 3 is 1.66 bits per heavy atom. The van der Waals surface area contributed by atoms with E-state index in [2.05, 4.69) is 43.1 Å². The van der Waals surface area contributed by atoms with E-state index in [1.807, 2.05) is 12.1 Å². The molecule has 0 spiro atoms. The largest absolute Gasteiger partial charge is 0.494 e. The minimum atomic E-state index is -0.513. The van der Waals surface area contributed by atoms with Gasteiger partial charge in [0.25, 0.3) is 0 Å². The first kappa shape index (κ1) is 40.8. The lowest BCUT2D eigenvalue weighted by Crippen LogP contribution is -2.09. The van der Waals surface area contributed by atoms with Crippen molar-refractivity contribution in [2.45, 2.75) is 111 Å². The number of carbonyl (C=O) groups is 2. The van der Waals surface area contributed by atoms with Crippen LogP contribution in [-0.4, -0.2) is 25.2 Å². The zero-order valence-corrected chi connectivity index (χ0v) is 31.8. The molecule has 4 rings (SSSR count). The van der Waals surface area contributed by atoms with E-state index in [0.717, 1.165) is 44.9 Å². The zero-order chi connectivity index (χ0) is 37.5. The molecule has 4 aromatic rings. The van der Waals surface area contributed by atoms with E-state index in [1.165, 1.54) is 44.1 Å². The smallest absolute Gasteiger partial charge is 0.343 e. The summed E-state index contributed by atoms with van der Waals surface area (Å²) in [5.41, 5.74) is 3.78. The lowest BCUT2D eigenvalue weighted by Gasteiger charge is -2.11. The monoisotopic (exact) mass is 720 g/mol. The number of hydrogen-bond acceptors (Lipinski definition) is 8. The van der Waals surface area contributed by atoms with Gasteiger partial charge in [-0.15, -0.1) is 0 Å². The second-order valence-corrected chi connectivity index (χ2v) is 13.3. The highest BCUT2D eigenvalue weighted by atomic mass is 16.5. The van der Waals surface area contributed by atoms with E-state index in [1.54, 1.807) is 66.7 Å². The van der Waals surface area contributed by atoms with Crippen LogP contribution >= 0.6 is 0 Å². The molecule has 0 fully saturated rings. The van der Waals surface area contributed by atoms with Crippen molar-refractivity contribution in [3.05, 3.63) is 113 Å². The van der Waals surface area contributed by atoms with Gasteiger partial charge in [-0.25, -0.2) is 9.59 Å². The number of hydrogen-bond donors (Lipinski definition) is 0. The molecule has 0 radical (unpaired) electrons. The molecule has 0 unspecified atom stereocenters. The molecular formula is C45H56N2O6. The molecule has 4 aromatic carbocycles. The Morgan fingerprint density at radius 2 is 1.06 bits per heavy atom. The van der Waals surface area contributed by atoms with Crippen LogP contribution in [0.3, 0.4) is 0 Å². The highest BCUT2D eigenvalue weighted by molar-refractivity contribution is 5.91. The van der Waals surface area contributed by atoms with Crippen molar-refractivity contribution in [3.8, 4) is 17.2 Å². The summed E-state index contributed by atoms with van der Waals surface area (Å²) in [5.74, 6) is 0.717. The maximum absolute atomic E-state index is 13.1. The summed E-state index contributed by atoms with van der Waals surface area (Å²) < 4.78 is 23.1. The van der Waals surface area contributed by atoms with E-state index in [0.29, 0.717) is 58.5 Å². The van der Waals surface area contributed by atoms with Gasteiger partial charge in [0.05, 0.1) is 35.7 Å². The fraction of sp³-hybridized carbons (Fsp3) is 0.422. The molecule has 0 aliphatic heterocycles. The molecule has 0 N–H and O–H groups in total. The quantitative estimate of drug-likeness (QED) is 0.0309. The van der Waals surface area contributed by atoms with E-state index >= 15 is 0 Å². The van der Waals surface area contributed by atoms with Gasteiger partial charge < -0.3 is 18.9 Å². The number of nitrogens with zero attached hydrogens (tertiary/aromatic N) is 2. The average molecular weight is 721 g/mol.